The Bertz CT molecular complexity index is 116. The van der Waals surface area contributed by atoms with E-state index in [0.717, 1.165) is 0 Å². The van der Waals surface area contributed by atoms with E-state index >= 15 is 0 Å². The SMILES string of the molecule is CCCCCCCCCCC(C)(Br)Br. The molecule has 0 rings (SSSR count). The van der Waals surface area contributed by atoms with Crippen LogP contribution in [0.15, 0.2) is 0 Å². The fourth-order valence-corrected chi connectivity index (χ4v) is 2.13. The van der Waals surface area contributed by atoms with E-state index in [1.807, 2.05) is 0 Å². The number of hydrogen-bond acceptors (Lipinski definition) is 0. The predicted molar refractivity (Wildman–Crippen MR) is 73.5 cm³/mol. The normalized spacial score (nSPS) is 12.0. The molecule has 0 aliphatic carbocycles. The first kappa shape index (κ1) is 15.0. The zero-order valence-corrected chi connectivity index (χ0v) is 12.8. The third-order valence-electron chi connectivity index (χ3n) is 2.47. The lowest BCUT2D eigenvalue weighted by atomic mass is 10.1. The molecule has 0 radical (unpaired) electrons. The van der Waals surface area contributed by atoms with Gasteiger partial charge in [0.25, 0.3) is 0 Å². The highest BCUT2D eigenvalue weighted by Gasteiger charge is 2.13. The molecule has 0 aromatic heterocycles. The maximum absolute atomic E-state index is 3.60. The lowest BCUT2D eigenvalue weighted by molar-refractivity contribution is 0.562. The average molecular weight is 328 g/mol. The Morgan fingerprint density at radius 2 is 1.21 bits per heavy atom. The van der Waals surface area contributed by atoms with Gasteiger partial charge in [0.05, 0.1) is 3.23 Å². The lowest BCUT2D eigenvalue weighted by Crippen LogP contribution is -2.02. The minimum atomic E-state index is 0.169. The Kier molecular flexibility index (Phi) is 9.84. The average Bonchev–Trinajstić information content (AvgIpc) is 2.08. The van der Waals surface area contributed by atoms with Crippen LogP contribution in [0.5, 0.6) is 0 Å². The van der Waals surface area contributed by atoms with Gasteiger partial charge in [0.2, 0.25) is 0 Å². The van der Waals surface area contributed by atoms with Gasteiger partial charge in [-0.05, 0) is 13.3 Å². The van der Waals surface area contributed by atoms with Crippen LogP contribution < -0.4 is 0 Å². The molecular formula is C12H24Br2. The summed E-state index contributed by atoms with van der Waals surface area (Å²) in [4.78, 5) is 0. The zero-order valence-electron chi connectivity index (χ0n) is 9.62. The molecule has 0 nitrogen and oxygen atoms in total. The fraction of sp³-hybridized carbons (Fsp3) is 1.00. The van der Waals surface area contributed by atoms with Crippen molar-refractivity contribution in [3.05, 3.63) is 0 Å². The first-order valence-corrected chi connectivity index (χ1v) is 7.52. The second kappa shape index (κ2) is 9.21. The summed E-state index contributed by atoms with van der Waals surface area (Å²) in [6.45, 7) is 4.45. The molecule has 0 saturated carbocycles. The van der Waals surface area contributed by atoms with Crippen LogP contribution in [0.4, 0.5) is 0 Å². The van der Waals surface area contributed by atoms with Gasteiger partial charge in [0.1, 0.15) is 0 Å². The number of hydrogen-bond donors (Lipinski definition) is 0. The van der Waals surface area contributed by atoms with E-state index in [1.165, 1.54) is 57.8 Å². The molecule has 0 bridgehead atoms. The van der Waals surface area contributed by atoms with Gasteiger partial charge in [-0.3, -0.25) is 0 Å². The Morgan fingerprint density at radius 3 is 1.64 bits per heavy atom. The molecule has 0 aliphatic rings. The number of unbranched alkanes of at least 4 members (excludes halogenated alkanes) is 7. The van der Waals surface area contributed by atoms with Gasteiger partial charge in [-0.1, -0.05) is 90.2 Å². The summed E-state index contributed by atoms with van der Waals surface area (Å²) in [5, 5.41) is 0. The van der Waals surface area contributed by atoms with Gasteiger partial charge in [0.15, 0.2) is 0 Å². The molecule has 0 fully saturated rings. The minimum Gasteiger partial charge on any atom is -0.0730 e. The van der Waals surface area contributed by atoms with Crippen LogP contribution in [0.1, 0.15) is 71.6 Å². The van der Waals surface area contributed by atoms with Crippen molar-refractivity contribution in [1.29, 1.82) is 0 Å². The molecule has 0 aromatic rings. The molecule has 14 heavy (non-hydrogen) atoms. The third-order valence-corrected chi connectivity index (χ3v) is 3.26. The molecule has 0 N–H and O–H groups in total. The maximum atomic E-state index is 3.60. The molecule has 0 aliphatic heterocycles. The number of halogens is 2. The van der Waals surface area contributed by atoms with E-state index in [4.69, 9.17) is 0 Å². The van der Waals surface area contributed by atoms with Crippen molar-refractivity contribution >= 4 is 31.9 Å². The maximum Gasteiger partial charge on any atom is 0.0777 e. The highest BCUT2D eigenvalue weighted by Crippen LogP contribution is 2.31. The Balaban J connectivity index is 2.99. The smallest absolute Gasteiger partial charge is 0.0730 e. The summed E-state index contributed by atoms with van der Waals surface area (Å²) in [5.41, 5.74) is 0. The summed E-state index contributed by atoms with van der Waals surface area (Å²) >= 11 is 7.20. The molecule has 0 aromatic carbocycles. The van der Waals surface area contributed by atoms with Crippen LogP contribution in [-0.2, 0) is 0 Å². The highest BCUT2D eigenvalue weighted by molar-refractivity contribution is 9.25. The Hall–Kier alpha value is 0.960. The van der Waals surface area contributed by atoms with Crippen LogP contribution in [0.25, 0.3) is 0 Å². The summed E-state index contributed by atoms with van der Waals surface area (Å²) in [7, 11) is 0. The minimum absolute atomic E-state index is 0.169. The van der Waals surface area contributed by atoms with Crippen LogP contribution in [0.3, 0.4) is 0 Å². The summed E-state index contributed by atoms with van der Waals surface area (Å²) in [5.74, 6) is 0. The molecule has 0 atom stereocenters. The Morgan fingerprint density at radius 1 is 0.786 bits per heavy atom. The van der Waals surface area contributed by atoms with Crippen molar-refractivity contribution in [1.82, 2.24) is 0 Å². The molecule has 2 heteroatoms. The summed E-state index contributed by atoms with van der Waals surface area (Å²) < 4.78 is 0.169. The van der Waals surface area contributed by atoms with Gasteiger partial charge in [-0.15, -0.1) is 0 Å². The van der Waals surface area contributed by atoms with E-state index in [9.17, 15) is 0 Å². The van der Waals surface area contributed by atoms with Crippen LogP contribution >= 0.6 is 31.9 Å². The zero-order chi connectivity index (χ0) is 10.9. The summed E-state index contributed by atoms with van der Waals surface area (Å²) in [6, 6.07) is 0. The number of alkyl halides is 2. The molecular weight excluding hydrogens is 304 g/mol. The summed E-state index contributed by atoms with van der Waals surface area (Å²) in [6.07, 6.45) is 12.4. The molecule has 0 saturated heterocycles. The molecule has 0 spiro atoms. The fourth-order valence-electron chi connectivity index (χ4n) is 1.57. The number of rotatable bonds is 9. The highest BCUT2D eigenvalue weighted by atomic mass is 79.9. The van der Waals surface area contributed by atoms with E-state index in [2.05, 4.69) is 45.7 Å². The molecule has 0 heterocycles. The second-order valence-corrected chi connectivity index (χ2v) is 8.86. The topological polar surface area (TPSA) is 0 Å². The van der Waals surface area contributed by atoms with Crippen LogP contribution in [0, 0.1) is 0 Å². The van der Waals surface area contributed by atoms with Crippen LogP contribution in [0.2, 0.25) is 0 Å². The third kappa shape index (κ3) is 13.0. The van der Waals surface area contributed by atoms with Gasteiger partial charge >= 0.3 is 0 Å². The first-order valence-electron chi connectivity index (χ1n) is 5.94. The predicted octanol–water partition coefficient (Wildman–Crippen LogP) is 6.02. The van der Waals surface area contributed by atoms with Crippen molar-refractivity contribution in [2.75, 3.05) is 0 Å². The van der Waals surface area contributed by atoms with E-state index in [0.29, 0.717) is 0 Å². The van der Waals surface area contributed by atoms with E-state index < -0.39 is 0 Å². The Labute approximate surface area is 106 Å². The van der Waals surface area contributed by atoms with Gasteiger partial charge in [-0.25, -0.2) is 0 Å². The first-order chi connectivity index (χ1) is 6.56. The lowest BCUT2D eigenvalue weighted by Gasteiger charge is -2.12. The molecule has 0 amide bonds. The monoisotopic (exact) mass is 326 g/mol. The van der Waals surface area contributed by atoms with Crippen molar-refractivity contribution in [2.24, 2.45) is 0 Å². The van der Waals surface area contributed by atoms with Gasteiger partial charge in [-0.2, -0.15) is 0 Å². The van der Waals surface area contributed by atoms with Crippen molar-refractivity contribution in [3.8, 4) is 0 Å². The van der Waals surface area contributed by atoms with Crippen molar-refractivity contribution < 1.29 is 0 Å². The van der Waals surface area contributed by atoms with E-state index in [-0.39, 0.29) is 3.23 Å². The van der Waals surface area contributed by atoms with Crippen molar-refractivity contribution in [3.63, 3.8) is 0 Å². The standard InChI is InChI=1S/C12H24Br2/c1-3-4-5-6-7-8-9-10-11-12(2,13)14/h3-11H2,1-2H3. The van der Waals surface area contributed by atoms with Gasteiger partial charge < -0.3 is 0 Å². The largest absolute Gasteiger partial charge is 0.0777 e. The van der Waals surface area contributed by atoms with Crippen LogP contribution in [-0.4, -0.2) is 3.23 Å². The quantitative estimate of drug-likeness (QED) is 0.358. The van der Waals surface area contributed by atoms with Gasteiger partial charge in [0, 0.05) is 0 Å². The molecule has 86 valence electrons. The van der Waals surface area contributed by atoms with Crippen molar-refractivity contribution in [2.45, 2.75) is 74.9 Å². The second-order valence-electron chi connectivity index (χ2n) is 4.30. The van der Waals surface area contributed by atoms with E-state index in [1.54, 1.807) is 0 Å². The molecule has 0 unspecified atom stereocenters.